The van der Waals surface area contributed by atoms with Gasteiger partial charge in [-0.3, -0.25) is 13.9 Å². The Balaban J connectivity index is 1.87. The molecule has 0 saturated carbocycles. The van der Waals surface area contributed by atoms with Crippen molar-refractivity contribution in [1.82, 2.24) is 0 Å². The molecule has 3 rings (SSSR count). The van der Waals surface area contributed by atoms with Gasteiger partial charge in [-0.15, -0.1) is 5.10 Å². The van der Waals surface area contributed by atoms with Crippen LogP contribution in [0.25, 0.3) is 0 Å². The predicted molar refractivity (Wildman–Crippen MR) is 110 cm³/mol. The number of carbonyl (C=O) groups is 1. The maximum Gasteiger partial charge on any atom is 0.320 e. The van der Waals surface area contributed by atoms with Gasteiger partial charge in [0.2, 0.25) is 11.8 Å². The molecule has 1 atom stereocenters. The summed E-state index contributed by atoms with van der Waals surface area (Å²) in [4.78, 5) is 11.8. The van der Waals surface area contributed by atoms with Crippen molar-refractivity contribution >= 4 is 66.4 Å². The second-order valence-electron chi connectivity index (χ2n) is 6.26. The summed E-state index contributed by atoms with van der Waals surface area (Å²) in [5, 5.41) is 11.1. The van der Waals surface area contributed by atoms with Crippen LogP contribution >= 0.6 is 23.2 Å². The quantitative estimate of drug-likeness (QED) is 0.406. The molecule has 0 radical (unpaired) electrons. The van der Waals surface area contributed by atoms with E-state index in [-0.39, 0.29) is 26.3 Å². The molecule has 1 amide bonds. The number of rotatable bonds is 5. The van der Waals surface area contributed by atoms with E-state index < -0.39 is 37.1 Å². The number of hydrazine groups is 1. The molecule has 0 bridgehead atoms. The van der Waals surface area contributed by atoms with Gasteiger partial charge in [0.15, 0.2) is 0 Å². The van der Waals surface area contributed by atoms with Gasteiger partial charge >= 0.3 is 5.91 Å². The average molecular weight is 508 g/mol. The fourth-order valence-electron chi connectivity index (χ4n) is 2.61. The number of hydrazone groups is 1. The Kier molecular flexibility index (Phi) is 6.19. The van der Waals surface area contributed by atoms with Crippen molar-refractivity contribution in [3.05, 3.63) is 46.4 Å². The lowest BCUT2D eigenvalue weighted by molar-refractivity contribution is -0.455. The minimum absolute atomic E-state index is 0.0265. The minimum Gasteiger partial charge on any atom is -0.282 e. The fourth-order valence-corrected chi connectivity index (χ4v) is 4.43. The lowest BCUT2D eigenvalue weighted by atomic mass is 10.2. The molecule has 0 spiro atoms. The molecule has 0 aliphatic carbocycles. The van der Waals surface area contributed by atoms with Crippen LogP contribution in [0.3, 0.4) is 0 Å². The molecule has 164 valence electrons. The van der Waals surface area contributed by atoms with E-state index in [0.717, 1.165) is 29.3 Å². The van der Waals surface area contributed by atoms with Crippen molar-refractivity contribution < 1.29 is 35.8 Å². The van der Waals surface area contributed by atoms with Gasteiger partial charge < -0.3 is 0 Å². The summed E-state index contributed by atoms with van der Waals surface area (Å²) in [6, 6.07) is 5.76. The number of halogens is 2. The van der Waals surface area contributed by atoms with E-state index in [1.54, 1.807) is 6.92 Å². The Morgan fingerprint density at radius 1 is 1.00 bits per heavy atom. The highest BCUT2D eigenvalue weighted by Gasteiger charge is 2.42. The van der Waals surface area contributed by atoms with Gasteiger partial charge in [-0.25, -0.2) is 0 Å². The van der Waals surface area contributed by atoms with Crippen molar-refractivity contribution in [1.29, 1.82) is 0 Å². The molecule has 31 heavy (non-hydrogen) atoms. The molecule has 0 saturated heterocycles. The topological polar surface area (TPSA) is 168 Å². The molecule has 3 N–H and O–H groups in total. The van der Waals surface area contributed by atoms with Gasteiger partial charge in [0.05, 0.1) is 20.6 Å². The third kappa shape index (κ3) is 4.92. The van der Waals surface area contributed by atoms with Crippen molar-refractivity contribution in [2.45, 2.75) is 22.8 Å². The number of anilines is 1. The maximum atomic E-state index is 12.8. The number of nitrogens with zero attached hydrogens (tertiary/aromatic N) is 3. The average Bonchev–Trinajstić information content (AvgIpc) is 2.94. The molecule has 2 aromatic carbocycles. The molecule has 1 heterocycles. The van der Waals surface area contributed by atoms with Crippen LogP contribution in [0.15, 0.2) is 56.4 Å². The van der Waals surface area contributed by atoms with E-state index in [0.29, 0.717) is 5.71 Å². The molecule has 15 heteroatoms. The Morgan fingerprint density at radius 3 is 2.16 bits per heavy atom. The lowest BCUT2D eigenvalue weighted by Crippen LogP contribution is -2.81. The Hall–Kier alpha value is -2.42. The highest BCUT2D eigenvalue weighted by Crippen LogP contribution is 2.33. The predicted octanol–water partition coefficient (Wildman–Crippen LogP) is 1.44. The zero-order valence-corrected chi connectivity index (χ0v) is 18.5. The first kappa shape index (κ1) is 23.2. The van der Waals surface area contributed by atoms with Crippen molar-refractivity contribution in [2.75, 3.05) is 5.01 Å². The highest BCUT2D eigenvalue weighted by atomic mass is 35.5. The maximum absolute atomic E-state index is 12.8. The molecule has 1 unspecified atom stereocenters. The number of amides is 1. The molecular weight excluding hydrogens is 495 g/mol. The number of carbonyl (C=O) groups excluding carboxylic acids is 1. The summed E-state index contributed by atoms with van der Waals surface area (Å²) in [5.74, 6) is -0.603. The van der Waals surface area contributed by atoms with Crippen LogP contribution in [0, 0.1) is 0 Å². The van der Waals surface area contributed by atoms with Crippen LogP contribution in [0.1, 0.15) is 6.92 Å². The number of hydrogen-bond acceptors (Lipinski definition) is 7. The van der Waals surface area contributed by atoms with Crippen LogP contribution in [0.4, 0.5) is 11.4 Å². The fraction of sp³-hybridized carbons (Fsp3) is 0.125. The van der Waals surface area contributed by atoms with Gasteiger partial charge in [0.25, 0.3) is 20.2 Å². The van der Waals surface area contributed by atoms with E-state index in [9.17, 15) is 26.2 Å². The van der Waals surface area contributed by atoms with Crippen molar-refractivity contribution in [2.24, 2.45) is 10.2 Å². The van der Waals surface area contributed by atoms with Gasteiger partial charge in [0, 0.05) is 6.92 Å². The molecule has 1 aliphatic rings. The first-order valence-corrected chi connectivity index (χ1v) is 11.8. The third-order valence-corrected chi connectivity index (χ3v) is 6.58. The van der Waals surface area contributed by atoms with Crippen LogP contribution < -0.4 is 10.1 Å². The van der Waals surface area contributed by atoms with Crippen LogP contribution in [-0.2, 0) is 25.0 Å². The van der Waals surface area contributed by atoms with E-state index in [1.165, 1.54) is 12.1 Å². The summed E-state index contributed by atoms with van der Waals surface area (Å²) >= 11 is 12.0. The largest absolute Gasteiger partial charge is 0.320 e. The second kappa shape index (κ2) is 8.26. The van der Waals surface area contributed by atoms with Gasteiger partial charge in [-0.2, -0.15) is 27.1 Å². The minimum atomic E-state index is -4.62. The molecule has 1 aliphatic heterocycles. The molecule has 11 nitrogen and oxygen atoms in total. The zero-order chi connectivity index (χ0) is 23.1. The lowest BCUT2D eigenvalue weighted by Gasteiger charge is -2.11. The van der Waals surface area contributed by atoms with Crippen LogP contribution in [-0.4, -0.2) is 43.6 Å². The summed E-state index contributed by atoms with van der Waals surface area (Å²) < 4.78 is 63.0. The summed E-state index contributed by atoms with van der Waals surface area (Å²) in [5.41, 5.74) is 0.623. The summed E-state index contributed by atoms with van der Waals surface area (Å²) in [7, 11) is -8.96. The van der Waals surface area contributed by atoms with Crippen molar-refractivity contribution in [3.8, 4) is 0 Å². The van der Waals surface area contributed by atoms with E-state index in [1.807, 2.05) is 0 Å². The third-order valence-electron chi connectivity index (χ3n) is 4.10. The second-order valence-corrected chi connectivity index (χ2v) is 9.89. The SMILES string of the molecule is CC1=[NH+]N(c2cc(Cl)c(S(=O)(=O)O)cc2Cl)C(=O)C1N=Nc1ccc(S(=O)(=O)O)cc1. The standard InChI is InChI=1S/C16H12Cl2N4O7S2/c1-8-15(20-19-9-2-4-10(5-3-9)30(24,25)26)16(23)22(21-8)13-6-12(18)14(7-11(13)17)31(27,28)29/h2-7,15H,1H3,(H,24,25,26)(H,27,28,29)/p+1. The van der Waals surface area contributed by atoms with Crippen LogP contribution in [0.2, 0.25) is 10.0 Å². The van der Waals surface area contributed by atoms with Gasteiger partial charge in [0.1, 0.15) is 10.6 Å². The first-order valence-electron chi connectivity index (χ1n) is 8.18. The smallest absolute Gasteiger partial charge is 0.282 e. The van der Waals surface area contributed by atoms with Crippen LogP contribution in [0.5, 0.6) is 0 Å². The number of benzene rings is 2. The zero-order valence-electron chi connectivity index (χ0n) is 15.4. The number of hydrogen-bond donors (Lipinski definition) is 3. The Morgan fingerprint density at radius 2 is 1.61 bits per heavy atom. The summed E-state index contributed by atoms with van der Waals surface area (Å²) in [6.45, 7) is 1.56. The normalized spacial score (nSPS) is 17.5. The first-order chi connectivity index (χ1) is 14.3. The molecule has 0 aromatic heterocycles. The van der Waals surface area contributed by atoms with E-state index in [4.69, 9.17) is 27.8 Å². The van der Waals surface area contributed by atoms with E-state index in [2.05, 4.69) is 15.3 Å². The molecular formula is C16H13Cl2N4O7S2+. The summed E-state index contributed by atoms with van der Waals surface area (Å²) in [6.07, 6.45) is 0. The van der Waals surface area contributed by atoms with Gasteiger partial charge in [-0.1, -0.05) is 28.2 Å². The number of nitrogens with one attached hydrogen (secondary N) is 1. The Labute approximate surface area is 186 Å². The Bertz CT molecular complexity index is 1340. The number of azo groups is 1. The van der Waals surface area contributed by atoms with E-state index >= 15 is 0 Å². The monoisotopic (exact) mass is 507 g/mol. The molecule has 0 fully saturated rings. The van der Waals surface area contributed by atoms with Crippen molar-refractivity contribution in [3.63, 3.8) is 0 Å². The molecule has 2 aromatic rings. The van der Waals surface area contributed by atoms with Gasteiger partial charge in [-0.05, 0) is 36.4 Å². The highest BCUT2D eigenvalue weighted by molar-refractivity contribution is 7.86.